The van der Waals surface area contributed by atoms with Crippen molar-refractivity contribution in [2.45, 2.75) is 37.6 Å². The molecule has 1 aromatic carbocycles. The van der Waals surface area contributed by atoms with Gasteiger partial charge in [-0.2, -0.15) is 4.98 Å². The van der Waals surface area contributed by atoms with Crippen LogP contribution in [0.25, 0.3) is 11.4 Å². The molecule has 2 aromatic rings. The van der Waals surface area contributed by atoms with Crippen molar-refractivity contribution in [1.29, 1.82) is 0 Å². The van der Waals surface area contributed by atoms with Gasteiger partial charge in [-0.3, -0.25) is 10.1 Å². The molecule has 1 aliphatic carbocycles. The Morgan fingerprint density at radius 1 is 1.19 bits per heavy atom. The molecule has 2 N–H and O–H groups in total. The van der Waals surface area contributed by atoms with Gasteiger partial charge in [0.2, 0.25) is 11.7 Å². The Morgan fingerprint density at radius 3 is 2.48 bits per heavy atom. The molecule has 7 nitrogen and oxygen atoms in total. The first-order valence-electron chi connectivity index (χ1n) is 6.97. The van der Waals surface area contributed by atoms with Crippen molar-refractivity contribution >= 4 is 5.69 Å². The number of rotatable bonds is 3. The first-order chi connectivity index (χ1) is 10.1. The lowest BCUT2D eigenvalue weighted by Crippen LogP contribution is -2.25. The Hall–Kier alpha value is -2.28. The van der Waals surface area contributed by atoms with Crippen molar-refractivity contribution in [3.8, 4) is 11.4 Å². The van der Waals surface area contributed by atoms with E-state index in [0.29, 0.717) is 17.3 Å². The molecule has 1 fully saturated rings. The Kier molecular flexibility index (Phi) is 3.66. The number of hydrogen-bond acceptors (Lipinski definition) is 6. The largest absolute Gasteiger partial charge is 0.339 e. The third-order valence-corrected chi connectivity index (χ3v) is 3.90. The minimum Gasteiger partial charge on any atom is -0.339 e. The normalized spacial score (nSPS) is 22.1. The van der Waals surface area contributed by atoms with Gasteiger partial charge in [0.1, 0.15) is 0 Å². The van der Waals surface area contributed by atoms with Crippen LogP contribution in [0.1, 0.15) is 37.5 Å². The van der Waals surface area contributed by atoms with Crippen LogP contribution in [0.3, 0.4) is 0 Å². The fourth-order valence-corrected chi connectivity index (χ4v) is 2.62. The van der Waals surface area contributed by atoms with E-state index in [-0.39, 0.29) is 17.6 Å². The summed E-state index contributed by atoms with van der Waals surface area (Å²) >= 11 is 0. The monoisotopic (exact) mass is 288 g/mol. The van der Waals surface area contributed by atoms with Gasteiger partial charge in [0.15, 0.2) is 0 Å². The number of nitro groups is 1. The van der Waals surface area contributed by atoms with E-state index in [9.17, 15) is 10.1 Å². The molecule has 1 heterocycles. The van der Waals surface area contributed by atoms with E-state index >= 15 is 0 Å². The molecule has 0 saturated heterocycles. The summed E-state index contributed by atoms with van der Waals surface area (Å²) < 4.78 is 5.34. The standard InChI is InChI=1S/C14H16N4O3/c15-11-5-1-10(2-6-11)14-16-13(17-21-14)9-3-7-12(8-4-9)18(19)20/h3-4,7-8,10-11H,1-2,5-6,15H2. The second kappa shape index (κ2) is 5.61. The average Bonchev–Trinajstić information content (AvgIpc) is 2.98. The lowest BCUT2D eigenvalue weighted by atomic mass is 9.86. The van der Waals surface area contributed by atoms with E-state index in [4.69, 9.17) is 10.3 Å². The van der Waals surface area contributed by atoms with Gasteiger partial charge < -0.3 is 10.3 Å². The molecule has 0 radical (unpaired) electrons. The van der Waals surface area contributed by atoms with Gasteiger partial charge in [-0.25, -0.2) is 0 Å². The van der Waals surface area contributed by atoms with Crippen molar-refractivity contribution in [1.82, 2.24) is 10.1 Å². The summed E-state index contributed by atoms with van der Waals surface area (Å²) in [6.45, 7) is 0. The maximum atomic E-state index is 10.6. The smallest absolute Gasteiger partial charge is 0.269 e. The summed E-state index contributed by atoms with van der Waals surface area (Å²) in [7, 11) is 0. The highest BCUT2D eigenvalue weighted by Crippen LogP contribution is 2.32. The highest BCUT2D eigenvalue weighted by atomic mass is 16.6. The highest BCUT2D eigenvalue weighted by Gasteiger charge is 2.25. The number of hydrogen-bond donors (Lipinski definition) is 1. The van der Waals surface area contributed by atoms with Crippen LogP contribution < -0.4 is 5.73 Å². The van der Waals surface area contributed by atoms with Gasteiger partial charge >= 0.3 is 0 Å². The first-order valence-corrected chi connectivity index (χ1v) is 6.97. The minimum absolute atomic E-state index is 0.0451. The molecule has 0 aliphatic heterocycles. The van der Waals surface area contributed by atoms with Crippen molar-refractivity contribution < 1.29 is 9.45 Å². The fraction of sp³-hybridized carbons (Fsp3) is 0.429. The summed E-state index contributed by atoms with van der Waals surface area (Å²) in [5.41, 5.74) is 6.64. The molecule has 7 heteroatoms. The first kappa shape index (κ1) is 13.7. The molecule has 110 valence electrons. The minimum atomic E-state index is -0.434. The number of benzene rings is 1. The van der Waals surface area contributed by atoms with Crippen molar-refractivity contribution in [3.63, 3.8) is 0 Å². The van der Waals surface area contributed by atoms with Crippen LogP contribution in [0.5, 0.6) is 0 Å². The van der Waals surface area contributed by atoms with E-state index in [1.165, 1.54) is 12.1 Å². The number of nitrogens with two attached hydrogens (primary N) is 1. The molecule has 1 aromatic heterocycles. The SMILES string of the molecule is NC1CCC(c2nc(-c3ccc([N+](=O)[O-])cc3)no2)CC1. The third-order valence-electron chi connectivity index (χ3n) is 3.90. The Bertz CT molecular complexity index is 630. The van der Waals surface area contributed by atoms with E-state index < -0.39 is 4.92 Å². The Labute approximate surface area is 121 Å². The van der Waals surface area contributed by atoms with Gasteiger partial charge in [-0.05, 0) is 37.8 Å². The number of aromatic nitrogens is 2. The van der Waals surface area contributed by atoms with E-state index in [2.05, 4.69) is 10.1 Å². The van der Waals surface area contributed by atoms with Gasteiger partial charge in [0.25, 0.3) is 5.69 Å². The molecule has 21 heavy (non-hydrogen) atoms. The van der Waals surface area contributed by atoms with Crippen molar-refractivity contribution in [3.05, 3.63) is 40.3 Å². The number of nitro benzene ring substituents is 1. The van der Waals surface area contributed by atoms with Crippen molar-refractivity contribution in [2.75, 3.05) is 0 Å². The predicted octanol–water partition coefficient (Wildman–Crippen LogP) is 2.63. The van der Waals surface area contributed by atoms with Gasteiger partial charge in [0.05, 0.1) is 4.92 Å². The maximum absolute atomic E-state index is 10.6. The lowest BCUT2D eigenvalue weighted by Gasteiger charge is -2.22. The fourth-order valence-electron chi connectivity index (χ4n) is 2.62. The Balaban J connectivity index is 1.76. The van der Waals surface area contributed by atoms with Crippen LogP contribution in [0, 0.1) is 10.1 Å². The summed E-state index contributed by atoms with van der Waals surface area (Å²) in [6, 6.07) is 6.40. The van der Waals surface area contributed by atoms with Gasteiger partial charge in [-0.15, -0.1) is 0 Å². The summed E-state index contributed by atoms with van der Waals surface area (Å²) in [5, 5.41) is 14.6. The number of non-ortho nitro benzene ring substituents is 1. The molecular weight excluding hydrogens is 272 g/mol. The van der Waals surface area contributed by atoms with E-state index in [0.717, 1.165) is 25.7 Å². The van der Waals surface area contributed by atoms with Gasteiger partial charge in [0, 0.05) is 29.7 Å². The predicted molar refractivity (Wildman–Crippen MR) is 75.6 cm³/mol. The molecule has 3 rings (SSSR count). The molecule has 0 atom stereocenters. The lowest BCUT2D eigenvalue weighted by molar-refractivity contribution is -0.384. The number of nitrogens with zero attached hydrogens (tertiary/aromatic N) is 3. The molecular formula is C14H16N4O3. The molecule has 0 bridgehead atoms. The van der Waals surface area contributed by atoms with Gasteiger partial charge in [-0.1, -0.05) is 5.16 Å². The second-order valence-electron chi connectivity index (χ2n) is 5.37. The zero-order chi connectivity index (χ0) is 14.8. The van der Waals surface area contributed by atoms with E-state index in [1.807, 2.05) is 0 Å². The second-order valence-corrected chi connectivity index (χ2v) is 5.37. The molecule has 1 aliphatic rings. The third kappa shape index (κ3) is 2.92. The van der Waals surface area contributed by atoms with Crippen LogP contribution in [0.2, 0.25) is 0 Å². The van der Waals surface area contributed by atoms with Crippen LogP contribution in [0.4, 0.5) is 5.69 Å². The Morgan fingerprint density at radius 2 is 1.86 bits per heavy atom. The molecule has 0 spiro atoms. The molecule has 0 amide bonds. The maximum Gasteiger partial charge on any atom is 0.269 e. The zero-order valence-corrected chi connectivity index (χ0v) is 11.4. The highest BCUT2D eigenvalue weighted by molar-refractivity contribution is 5.56. The van der Waals surface area contributed by atoms with Crippen LogP contribution in [-0.4, -0.2) is 21.1 Å². The van der Waals surface area contributed by atoms with Crippen LogP contribution in [-0.2, 0) is 0 Å². The quantitative estimate of drug-likeness (QED) is 0.687. The average molecular weight is 288 g/mol. The summed E-state index contributed by atoms with van der Waals surface area (Å²) in [6.07, 6.45) is 3.87. The molecule has 0 unspecified atom stereocenters. The van der Waals surface area contributed by atoms with Crippen molar-refractivity contribution in [2.24, 2.45) is 5.73 Å². The summed E-state index contributed by atoms with van der Waals surface area (Å²) in [4.78, 5) is 14.6. The van der Waals surface area contributed by atoms with E-state index in [1.54, 1.807) is 12.1 Å². The van der Waals surface area contributed by atoms with Crippen LogP contribution >= 0.6 is 0 Å². The topological polar surface area (TPSA) is 108 Å². The zero-order valence-electron chi connectivity index (χ0n) is 11.4. The van der Waals surface area contributed by atoms with Crippen LogP contribution in [0.15, 0.2) is 28.8 Å². The summed E-state index contributed by atoms with van der Waals surface area (Å²) in [5.74, 6) is 1.37. The molecule has 1 saturated carbocycles.